The van der Waals surface area contributed by atoms with Gasteiger partial charge in [-0.25, -0.2) is 9.07 Å². The molecule has 0 saturated carbocycles. The van der Waals surface area contributed by atoms with Gasteiger partial charge in [0, 0.05) is 0 Å². The van der Waals surface area contributed by atoms with Crippen molar-refractivity contribution in [2.45, 2.75) is 38.5 Å². The molecule has 11 heteroatoms. The van der Waals surface area contributed by atoms with Crippen LogP contribution >= 0.6 is 0 Å². The third-order valence-electron chi connectivity index (χ3n) is 6.09. The van der Waals surface area contributed by atoms with Crippen LogP contribution in [-0.4, -0.2) is 50.8 Å². The van der Waals surface area contributed by atoms with Crippen molar-refractivity contribution in [2.24, 2.45) is 5.92 Å². The fourth-order valence-corrected chi connectivity index (χ4v) is 4.34. The summed E-state index contributed by atoms with van der Waals surface area (Å²) in [6, 6.07) is 10.3. The molecule has 1 saturated heterocycles. The number of aromatic nitrogens is 4. The molecule has 1 aromatic heterocycles. The summed E-state index contributed by atoms with van der Waals surface area (Å²) < 4.78 is 60.4. The van der Waals surface area contributed by atoms with Crippen molar-refractivity contribution < 1.29 is 27.1 Å². The minimum atomic E-state index is -4.50. The fraction of sp³-hybridized carbons (Fsp3) is 0.417. The molecule has 3 aromatic rings. The molecule has 7 nitrogen and oxygen atoms in total. The Bertz CT molecular complexity index is 1140. The summed E-state index contributed by atoms with van der Waals surface area (Å²) in [5.74, 6) is -0.535. The van der Waals surface area contributed by atoms with Crippen LogP contribution in [0.1, 0.15) is 48.3 Å². The van der Waals surface area contributed by atoms with Gasteiger partial charge < -0.3 is 4.74 Å². The average molecular weight is 491 g/mol. The highest BCUT2D eigenvalue weighted by molar-refractivity contribution is 5.72. The molecule has 1 aliphatic rings. The Morgan fingerprint density at radius 1 is 1.14 bits per heavy atom. The molecule has 0 radical (unpaired) electrons. The first kappa shape index (κ1) is 24.8. The van der Waals surface area contributed by atoms with Crippen LogP contribution in [0.2, 0.25) is 0 Å². The van der Waals surface area contributed by atoms with Gasteiger partial charge in [0.15, 0.2) is 5.82 Å². The number of esters is 1. The molecule has 0 bridgehead atoms. The van der Waals surface area contributed by atoms with Crippen LogP contribution in [0.4, 0.5) is 17.6 Å². The number of benzene rings is 2. The van der Waals surface area contributed by atoms with Gasteiger partial charge in [0.2, 0.25) is 0 Å². The first-order valence-corrected chi connectivity index (χ1v) is 11.3. The largest absolute Gasteiger partial charge is 0.466 e. The standard InChI is InChI=1S/C24H25F4N5O2/c1-2-35-23(34)17-10-12-32(13-11-17)21(18-4-3-5-19(14-18)24(26,27)28)22-29-30-31-33(22)15-16-6-8-20(25)9-7-16/h3-9,14,17,21H,2,10-13,15H2,1H3/t21-/m0/s1. The molecular formula is C24H25F4N5O2. The zero-order valence-corrected chi connectivity index (χ0v) is 19.1. The molecule has 1 atom stereocenters. The summed E-state index contributed by atoms with van der Waals surface area (Å²) in [6.45, 7) is 3.17. The second-order valence-electron chi connectivity index (χ2n) is 8.41. The van der Waals surface area contributed by atoms with E-state index in [2.05, 4.69) is 15.5 Å². The van der Waals surface area contributed by atoms with Gasteiger partial charge in [0.1, 0.15) is 5.82 Å². The van der Waals surface area contributed by atoms with Gasteiger partial charge in [0.25, 0.3) is 0 Å². The number of carbonyl (C=O) groups is 1. The lowest BCUT2D eigenvalue weighted by atomic mass is 9.93. The number of rotatable bonds is 7. The Kier molecular flexibility index (Phi) is 7.44. The van der Waals surface area contributed by atoms with Crippen molar-refractivity contribution in [2.75, 3.05) is 19.7 Å². The van der Waals surface area contributed by atoms with Gasteiger partial charge in [-0.05, 0) is 78.7 Å². The number of likely N-dealkylation sites (tertiary alicyclic amines) is 1. The minimum absolute atomic E-state index is 0.220. The van der Waals surface area contributed by atoms with Gasteiger partial charge in [0.05, 0.1) is 30.7 Å². The van der Waals surface area contributed by atoms with Crippen molar-refractivity contribution in [1.29, 1.82) is 0 Å². The van der Waals surface area contributed by atoms with E-state index in [1.54, 1.807) is 25.1 Å². The van der Waals surface area contributed by atoms with E-state index in [1.807, 2.05) is 4.90 Å². The molecule has 0 unspecified atom stereocenters. The molecule has 35 heavy (non-hydrogen) atoms. The highest BCUT2D eigenvalue weighted by atomic mass is 19.4. The normalized spacial score (nSPS) is 16.3. The molecule has 186 valence electrons. The molecule has 0 aliphatic carbocycles. The number of carbonyl (C=O) groups excluding carboxylic acids is 1. The third kappa shape index (κ3) is 5.84. The van der Waals surface area contributed by atoms with Gasteiger partial charge in [-0.15, -0.1) is 5.10 Å². The summed E-state index contributed by atoms with van der Waals surface area (Å²) in [5, 5.41) is 12.0. The SMILES string of the molecule is CCOC(=O)C1CCN([C@@H](c2cccc(C(F)(F)F)c2)c2nnnn2Cc2ccc(F)cc2)CC1. The number of ether oxygens (including phenoxy) is 1. The lowest BCUT2D eigenvalue weighted by Crippen LogP contribution is -2.40. The summed E-state index contributed by atoms with van der Waals surface area (Å²) in [4.78, 5) is 14.2. The zero-order valence-electron chi connectivity index (χ0n) is 19.1. The van der Waals surface area contributed by atoms with Crippen molar-refractivity contribution in [3.63, 3.8) is 0 Å². The lowest BCUT2D eigenvalue weighted by Gasteiger charge is -2.36. The van der Waals surface area contributed by atoms with Gasteiger partial charge in [-0.2, -0.15) is 13.2 Å². The predicted molar refractivity (Wildman–Crippen MR) is 118 cm³/mol. The summed E-state index contributed by atoms with van der Waals surface area (Å²) in [6.07, 6.45) is -3.49. The topological polar surface area (TPSA) is 73.1 Å². The highest BCUT2D eigenvalue weighted by Gasteiger charge is 2.36. The third-order valence-corrected chi connectivity index (χ3v) is 6.09. The maximum Gasteiger partial charge on any atom is 0.416 e. The first-order chi connectivity index (χ1) is 16.8. The number of nitrogens with zero attached hydrogens (tertiary/aromatic N) is 5. The minimum Gasteiger partial charge on any atom is -0.466 e. The summed E-state index contributed by atoms with van der Waals surface area (Å²) in [5.41, 5.74) is 0.368. The second kappa shape index (κ2) is 10.5. The molecular weight excluding hydrogens is 466 g/mol. The fourth-order valence-electron chi connectivity index (χ4n) is 4.34. The van der Waals surface area contributed by atoms with E-state index in [9.17, 15) is 22.4 Å². The highest BCUT2D eigenvalue weighted by Crippen LogP contribution is 2.35. The van der Waals surface area contributed by atoms with Crippen LogP contribution in [0, 0.1) is 11.7 Å². The molecule has 1 aliphatic heterocycles. The number of tetrazole rings is 1. The molecule has 2 heterocycles. The smallest absolute Gasteiger partial charge is 0.416 e. The van der Waals surface area contributed by atoms with Crippen LogP contribution in [-0.2, 0) is 22.3 Å². The van der Waals surface area contributed by atoms with E-state index in [-0.39, 0.29) is 24.2 Å². The Labute approximate surface area is 199 Å². The maximum atomic E-state index is 13.5. The number of halogens is 4. The summed E-state index contributed by atoms with van der Waals surface area (Å²) in [7, 11) is 0. The Morgan fingerprint density at radius 2 is 1.86 bits per heavy atom. The van der Waals surface area contributed by atoms with Crippen LogP contribution in [0.5, 0.6) is 0 Å². The van der Waals surface area contributed by atoms with Gasteiger partial charge >= 0.3 is 12.1 Å². The molecule has 1 fully saturated rings. The maximum absolute atomic E-state index is 13.5. The van der Waals surface area contributed by atoms with E-state index in [4.69, 9.17) is 4.74 Å². The lowest BCUT2D eigenvalue weighted by molar-refractivity contribution is -0.149. The number of hydrogen-bond acceptors (Lipinski definition) is 6. The van der Waals surface area contributed by atoms with Crippen molar-refractivity contribution >= 4 is 5.97 Å². The monoisotopic (exact) mass is 491 g/mol. The quantitative estimate of drug-likeness (QED) is 0.364. The van der Waals surface area contributed by atoms with E-state index < -0.39 is 17.8 Å². The van der Waals surface area contributed by atoms with Gasteiger partial charge in [-0.1, -0.05) is 24.3 Å². The van der Waals surface area contributed by atoms with Crippen molar-refractivity contribution in [1.82, 2.24) is 25.1 Å². The van der Waals surface area contributed by atoms with E-state index in [0.29, 0.717) is 43.9 Å². The first-order valence-electron chi connectivity index (χ1n) is 11.3. The molecule has 0 N–H and O–H groups in total. The Hall–Kier alpha value is -3.34. The second-order valence-corrected chi connectivity index (χ2v) is 8.41. The zero-order chi connectivity index (χ0) is 25.0. The van der Waals surface area contributed by atoms with E-state index in [1.165, 1.54) is 22.9 Å². The van der Waals surface area contributed by atoms with Gasteiger partial charge in [-0.3, -0.25) is 9.69 Å². The van der Waals surface area contributed by atoms with E-state index in [0.717, 1.165) is 17.7 Å². The Morgan fingerprint density at radius 3 is 2.51 bits per heavy atom. The molecule has 2 aromatic carbocycles. The van der Waals surface area contributed by atoms with Crippen LogP contribution in [0.25, 0.3) is 0 Å². The van der Waals surface area contributed by atoms with Crippen LogP contribution in [0.15, 0.2) is 48.5 Å². The van der Waals surface area contributed by atoms with E-state index >= 15 is 0 Å². The number of piperidine rings is 1. The molecule has 0 spiro atoms. The molecule has 0 amide bonds. The van der Waals surface area contributed by atoms with Crippen LogP contribution in [0.3, 0.4) is 0 Å². The number of alkyl halides is 3. The Balaban J connectivity index is 1.67. The predicted octanol–water partition coefficient (Wildman–Crippen LogP) is 4.24. The van der Waals surface area contributed by atoms with Crippen molar-refractivity contribution in [3.05, 3.63) is 76.9 Å². The average Bonchev–Trinajstić information content (AvgIpc) is 3.28. The molecule has 4 rings (SSSR count). The summed E-state index contributed by atoms with van der Waals surface area (Å²) >= 11 is 0. The van der Waals surface area contributed by atoms with Crippen LogP contribution < -0.4 is 0 Å². The van der Waals surface area contributed by atoms with Crippen molar-refractivity contribution in [3.8, 4) is 0 Å². The number of hydrogen-bond donors (Lipinski definition) is 0.